The van der Waals surface area contributed by atoms with E-state index in [2.05, 4.69) is 52.7 Å². The molecule has 0 saturated heterocycles. The molecule has 0 radical (unpaired) electrons. The van der Waals surface area contributed by atoms with Gasteiger partial charge in [-0.3, -0.25) is 10.6 Å². The summed E-state index contributed by atoms with van der Waals surface area (Å²) in [5.41, 5.74) is 1.92. The molecule has 0 atom stereocenters. The number of quaternary nitrogens is 2. The summed E-state index contributed by atoms with van der Waals surface area (Å²) in [5, 5.41) is 5.52. The van der Waals surface area contributed by atoms with Gasteiger partial charge in [0.25, 0.3) is 0 Å². The summed E-state index contributed by atoms with van der Waals surface area (Å²) in [4.78, 5) is 25.0. The van der Waals surface area contributed by atoms with E-state index in [-0.39, 0.29) is 47.2 Å². The molecule has 1 rings (SSSR count). The molecule has 0 unspecified atom stereocenters. The normalized spacial score (nSPS) is 11.5. The molecule has 12 heteroatoms. The molecule has 2 N–H and O–H groups in total. The third-order valence-corrected chi connectivity index (χ3v) is 12.6. The molecular formula is C53H102Br2N4O6. The molecule has 0 heterocycles. The molecule has 2 amide bonds. The van der Waals surface area contributed by atoms with Gasteiger partial charge in [0.2, 0.25) is 0 Å². The maximum Gasteiger partial charge on any atom is 0.411 e. The Morgan fingerprint density at radius 3 is 1.11 bits per heavy atom. The van der Waals surface area contributed by atoms with Crippen LogP contribution in [0.1, 0.15) is 199 Å². The van der Waals surface area contributed by atoms with Gasteiger partial charge in [-0.15, -0.1) is 0 Å². The Labute approximate surface area is 421 Å². The first-order chi connectivity index (χ1) is 30.5. The predicted octanol–water partition coefficient (Wildman–Crippen LogP) is 8.25. The zero-order valence-corrected chi connectivity index (χ0v) is 46.4. The molecule has 0 aliphatic rings. The van der Waals surface area contributed by atoms with E-state index < -0.39 is 12.2 Å². The number of nitrogens with one attached hydrogen (secondary N) is 2. The fourth-order valence-electron chi connectivity index (χ4n) is 8.04. The van der Waals surface area contributed by atoms with E-state index in [1.807, 2.05) is 13.0 Å². The Morgan fingerprint density at radius 2 is 0.754 bits per heavy atom. The molecule has 10 nitrogen and oxygen atoms in total. The quantitative estimate of drug-likeness (QED) is 0.0506. The first-order valence-corrected chi connectivity index (χ1v) is 26.3. The van der Waals surface area contributed by atoms with Gasteiger partial charge in [-0.2, -0.15) is 0 Å². The Balaban J connectivity index is 0. The number of carbonyl (C=O) groups excluding carboxylic acids is 2. The van der Waals surface area contributed by atoms with Crippen molar-refractivity contribution in [2.75, 3.05) is 105 Å². The summed E-state index contributed by atoms with van der Waals surface area (Å²) >= 11 is 0. The number of nitrogens with zero attached hydrogens (tertiary/aromatic N) is 2. The fraction of sp³-hybridized carbons (Fsp3) is 0.849. The van der Waals surface area contributed by atoms with Crippen LogP contribution >= 0.6 is 0 Å². The van der Waals surface area contributed by atoms with Crippen molar-refractivity contribution < 1.29 is 71.5 Å². The standard InChI is InChI=1S/C53H100N4O6.2BrH/c1-8-10-12-14-16-18-20-22-24-26-28-30-32-34-38-56(4,5)40-42-60-44-46-62-52(58)54-50-37-36-49(3)51(48-50)55-53(59)63-47-45-61-43-41-57(6,7)39-35-33-31-29-27-25-23-21-19-17-15-13-11-9-2;;/h36-37,48H,8-35,38-47H2,1-7H3;2*1H. The zero-order valence-electron chi connectivity index (χ0n) is 43.2. The highest BCUT2D eigenvalue weighted by Crippen LogP contribution is 2.21. The summed E-state index contributed by atoms with van der Waals surface area (Å²) in [6, 6.07) is 5.30. The van der Waals surface area contributed by atoms with E-state index in [1.54, 1.807) is 12.1 Å². The number of hydrogen-bond acceptors (Lipinski definition) is 6. The van der Waals surface area contributed by atoms with Crippen molar-refractivity contribution in [1.29, 1.82) is 0 Å². The lowest BCUT2D eigenvalue weighted by Gasteiger charge is -2.29. The number of carbonyl (C=O) groups is 2. The Kier molecular flexibility index (Phi) is 45.5. The van der Waals surface area contributed by atoms with Crippen LogP contribution in [-0.4, -0.2) is 115 Å². The summed E-state index contributed by atoms with van der Waals surface area (Å²) in [7, 11) is 9.05. The number of rotatable bonds is 44. The molecule has 65 heavy (non-hydrogen) atoms. The van der Waals surface area contributed by atoms with E-state index in [0.29, 0.717) is 37.8 Å². The number of likely N-dealkylation sites (N-methyl/N-ethyl adjacent to an activating group) is 2. The molecule has 0 aliphatic heterocycles. The largest absolute Gasteiger partial charge is 1.00 e. The molecule has 0 aromatic heterocycles. The van der Waals surface area contributed by atoms with Gasteiger partial charge >= 0.3 is 12.2 Å². The maximum absolute atomic E-state index is 12.5. The van der Waals surface area contributed by atoms with Gasteiger partial charge < -0.3 is 61.9 Å². The number of amides is 2. The molecule has 384 valence electrons. The van der Waals surface area contributed by atoms with Crippen molar-refractivity contribution in [3.63, 3.8) is 0 Å². The van der Waals surface area contributed by atoms with E-state index in [1.165, 1.54) is 180 Å². The lowest BCUT2D eigenvalue weighted by Crippen LogP contribution is -3.00. The number of benzene rings is 1. The Bertz CT molecular complexity index is 1240. The van der Waals surface area contributed by atoms with Crippen molar-refractivity contribution in [2.45, 2.75) is 201 Å². The van der Waals surface area contributed by atoms with Crippen LogP contribution in [0.2, 0.25) is 0 Å². The second kappa shape index (κ2) is 45.0. The number of hydrogen-bond donors (Lipinski definition) is 2. The smallest absolute Gasteiger partial charge is 0.411 e. The molecule has 1 aromatic carbocycles. The lowest BCUT2D eigenvalue weighted by atomic mass is 10.0. The highest BCUT2D eigenvalue weighted by molar-refractivity contribution is 5.89. The van der Waals surface area contributed by atoms with Gasteiger partial charge in [0, 0.05) is 11.4 Å². The Morgan fingerprint density at radius 1 is 0.431 bits per heavy atom. The van der Waals surface area contributed by atoms with Gasteiger partial charge in [-0.1, -0.05) is 174 Å². The van der Waals surface area contributed by atoms with Crippen LogP contribution in [0, 0.1) is 6.92 Å². The third kappa shape index (κ3) is 42.4. The van der Waals surface area contributed by atoms with E-state index in [4.69, 9.17) is 18.9 Å². The number of unbranched alkanes of at least 4 members (excludes halogenated alkanes) is 26. The summed E-state index contributed by atoms with van der Waals surface area (Å²) < 4.78 is 24.2. The van der Waals surface area contributed by atoms with Crippen molar-refractivity contribution in [3.05, 3.63) is 23.8 Å². The van der Waals surface area contributed by atoms with Crippen LogP contribution in [0.25, 0.3) is 0 Å². The molecule has 0 fully saturated rings. The maximum atomic E-state index is 12.5. The molecule has 0 aliphatic carbocycles. The first kappa shape index (κ1) is 65.6. The van der Waals surface area contributed by atoms with E-state index in [9.17, 15) is 9.59 Å². The minimum atomic E-state index is -0.566. The van der Waals surface area contributed by atoms with Gasteiger partial charge in [0.05, 0.1) is 67.7 Å². The monoisotopic (exact) mass is 1050 g/mol. The van der Waals surface area contributed by atoms with Crippen LogP contribution in [0.4, 0.5) is 21.0 Å². The zero-order chi connectivity index (χ0) is 46.1. The topological polar surface area (TPSA) is 95.1 Å². The van der Waals surface area contributed by atoms with Crippen molar-refractivity contribution in [1.82, 2.24) is 0 Å². The summed E-state index contributed by atoms with van der Waals surface area (Å²) in [5.74, 6) is 0. The van der Waals surface area contributed by atoms with Crippen molar-refractivity contribution in [3.8, 4) is 0 Å². The number of halogens is 2. The lowest BCUT2D eigenvalue weighted by molar-refractivity contribution is -0.891. The van der Waals surface area contributed by atoms with Crippen LogP contribution in [-0.2, 0) is 18.9 Å². The summed E-state index contributed by atoms with van der Waals surface area (Å²) in [6.45, 7) is 12.9. The van der Waals surface area contributed by atoms with Crippen LogP contribution in [0.5, 0.6) is 0 Å². The van der Waals surface area contributed by atoms with Gasteiger partial charge in [-0.05, 0) is 50.3 Å². The molecule has 0 saturated carbocycles. The molecule has 1 aromatic rings. The van der Waals surface area contributed by atoms with Gasteiger partial charge in [-0.25, -0.2) is 9.59 Å². The second-order valence-electron chi connectivity index (χ2n) is 19.7. The van der Waals surface area contributed by atoms with E-state index >= 15 is 0 Å². The fourth-order valence-corrected chi connectivity index (χ4v) is 8.04. The average molecular weight is 1050 g/mol. The van der Waals surface area contributed by atoms with Gasteiger partial charge in [0.1, 0.15) is 26.3 Å². The average Bonchev–Trinajstić information content (AvgIpc) is 3.24. The van der Waals surface area contributed by atoms with Crippen molar-refractivity contribution >= 4 is 23.6 Å². The highest BCUT2D eigenvalue weighted by Gasteiger charge is 2.16. The number of aryl methyl sites for hydroxylation is 1. The van der Waals surface area contributed by atoms with E-state index in [0.717, 1.165) is 40.7 Å². The Hall–Kier alpha value is -1.44. The highest BCUT2D eigenvalue weighted by atomic mass is 79.9. The minimum Gasteiger partial charge on any atom is -1.00 e. The number of anilines is 2. The number of ether oxygens (including phenoxy) is 4. The van der Waals surface area contributed by atoms with Gasteiger partial charge in [0.15, 0.2) is 0 Å². The minimum absolute atomic E-state index is 0. The first-order valence-electron chi connectivity index (χ1n) is 26.3. The second-order valence-corrected chi connectivity index (χ2v) is 19.7. The van der Waals surface area contributed by atoms with Crippen LogP contribution in [0.15, 0.2) is 18.2 Å². The van der Waals surface area contributed by atoms with Crippen molar-refractivity contribution in [2.24, 2.45) is 0 Å². The predicted molar refractivity (Wildman–Crippen MR) is 267 cm³/mol. The molecular weight excluding hydrogens is 948 g/mol. The van der Waals surface area contributed by atoms with Crippen LogP contribution < -0.4 is 44.6 Å². The molecule has 0 bridgehead atoms. The SMILES string of the molecule is CCCCCCCCCCCCCCCC[N+](C)(C)CCOCCOC(=O)Nc1ccc(C)c(NC(=O)OCCOCC[N+](C)(C)CCCCCCCCCCCCCCCC)c1.[Br-].[Br-]. The third-order valence-electron chi connectivity index (χ3n) is 12.6. The summed E-state index contributed by atoms with van der Waals surface area (Å²) in [6.07, 6.45) is 37.5. The van der Waals surface area contributed by atoms with Crippen LogP contribution in [0.3, 0.4) is 0 Å². The molecule has 0 spiro atoms.